The maximum absolute atomic E-state index is 5.58. The zero-order chi connectivity index (χ0) is 12.1. The molecule has 3 heteroatoms. The van der Waals surface area contributed by atoms with Gasteiger partial charge in [-0.2, -0.15) is 0 Å². The number of hydrogen-bond acceptors (Lipinski definition) is 2. The predicted octanol–water partition coefficient (Wildman–Crippen LogP) is 1.89. The highest BCUT2D eigenvalue weighted by molar-refractivity contribution is 5.83. The van der Waals surface area contributed by atoms with Crippen molar-refractivity contribution in [2.45, 2.75) is 13.3 Å². The predicted molar refractivity (Wildman–Crippen MR) is 73.1 cm³/mol. The molecule has 17 heavy (non-hydrogen) atoms. The number of para-hydroxylation sites is 1. The van der Waals surface area contributed by atoms with Crippen LogP contribution in [0.4, 0.5) is 0 Å². The lowest BCUT2D eigenvalue weighted by Gasteiger charge is -2.09. The molecule has 0 fully saturated rings. The third-order valence-electron chi connectivity index (χ3n) is 3.14. The molecule has 1 atom stereocenters. The van der Waals surface area contributed by atoms with E-state index in [4.69, 9.17) is 5.73 Å². The summed E-state index contributed by atoms with van der Waals surface area (Å²) in [4.78, 5) is 3.30. The topological polar surface area (TPSA) is 53.8 Å². The fourth-order valence-corrected chi connectivity index (χ4v) is 1.99. The number of nitrogens with one attached hydrogen (secondary N) is 2. The van der Waals surface area contributed by atoms with Gasteiger partial charge in [-0.1, -0.05) is 25.1 Å². The normalized spacial score (nSPS) is 13.1. The largest absolute Gasteiger partial charge is 0.361 e. The summed E-state index contributed by atoms with van der Waals surface area (Å²) in [5.74, 6) is 0.554. The van der Waals surface area contributed by atoms with E-state index < -0.39 is 0 Å². The summed E-state index contributed by atoms with van der Waals surface area (Å²) in [7, 11) is 0. The second-order valence-electron chi connectivity index (χ2n) is 4.65. The quantitative estimate of drug-likeness (QED) is 0.665. The molecule has 0 amide bonds. The highest BCUT2D eigenvalue weighted by atomic mass is 14.9. The van der Waals surface area contributed by atoms with Crippen molar-refractivity contribution in [1.29, 1.82) is 0 Å². The van der Waals surface area contributed by atoms with E-state index in [9.17, 15) is 0 Å². The van der Waals surface area contributed by atoms with Gasteiger partial charge < -0.3 is 16.0 Å². The van der Waals surface area contributed by atoms with E-state index in [1.165, 1.54) is 16.5 Å². The molecule has 2 rings (SSSR count). The van der Waals surface area contributed by atoms with Crippen LogP contribution in [0.2, 0.25) is 0 Å². The Bertz CT molecular complexity index is 461. The SMILES string of the molecule is CC(CN)CNCCc1c[nH]c2ccccc12. The lowest BCUT2D eigenvalue weighted by atomic mass is 10.1. The summed E-state index contributed by atoms with van der Waals surface area (Å²) in [5.41, 5.74) is 8.18. The number of hydrogen-bond donors (Lipinski definition) is 3. The highest BCUT2D eigenvalue weighted by Crippen LogP contribution is 2.17. The van der Waals surface area contributed by atoms with Gasteiger partial charge in [0.15, 0.2) is 0 Å². The minimum Gasteiger partial charge on any atom is -0.361 e. The van der Waals surface area contributed by atoms with Gasteiger partial charge in [0.1, 0.15) is 0 Å². The summed E-state index contributed by atoms with van der Waals surface area (Å²) < 4.78 is 0. The van der Waals surface area contributed by atoms with Crippen LogP contribution >= 0.6 is 0 Å². The van der Waals surface area contributed by atoms with Crippen LogP contribution < -0.4 is 11.1 Å². The lowest BCUT2D eigenvalue weighted by Crippen LogP contribution is -2.27. The summed E-state index contributed by atoms with van der Waals surface area (Å²) in [6.45, 7) is 4.92. The van der Waals surface area contributed by atoms with Crippen LogP contribution in [0.1, 0.15) is 12.5 Å². The maximum Gasteiger partial charge on any atom is 0.0456 e. The molecule has 0 aliphatic carbocycles. The average molecular weight is 231 g/mol. The van der Waals surface area contributed by atoms with Crippen molar-refractivity contribution in [3.05, 3.63) is 36.0 Å². The number of rotatable bonds is 6. The molecule has 0 aliphatic heterocycles. The van der Waals surface area contributed by atoms with Gasteiger partial charge in [0.25, 0.3) is 0 Å². The first kappa shape index (κ1) is 12.1. The van der Waals surface area contributed by atoms with E-state index in [2.05, 4.69) is 47.7 Å². The number of aromatic nitrogens is 1. The minimum atomic E-state index is 0.554. The van der Waals surface area contributed by atoms with Crippen molar-refractivity contribution < 1.29 is 0 Å². The first-order valence-corrected chi connectivity index (χ1v) is 6.27. The van der Waals surface area contributed by atoms with Crippen molar-refractivity contribution in [3.63, 3.8) is 0 Å². The van der Waals surface area contributed by atoms with Gasteiger partial charge in [-0.15, -0.1) is 0 Å². The Morgan fingerprint density at radius 1 is 1.35 bits per heavy atom. The van der Waals surface area contributed by atoms with Gasteiger partial charge in [0.05, 0.1) is 0 Å². The molecule has 1 heterocycles. The Hall–Kier alpha value is -1.32. The van der Waals surface area contributed by atoms with Crippen LogP contribution in [0.3, 0.4) is 0 Å². The Kier molecular flexibility index (Phi) is 4.18. The summed E-state index contributed by atoms with van der Waals surface area (Å²) in [5, 5.41) is 4.78. The summed E-state index contributed by atoms with van der Waals surface area (Å²) in [6.07, 6.45) is 3.17. The second-order valence-corrected chi connectivity index (χ2v) is 4.65. The molecule has 92 valence electrons. The Morgan fingerprint density at radius 2 is 2.18 bits per heavy atom. The van der Waals surface area contributed by atoms with E-state index >= 15 is 0 Å². The first-order valence-electron chi connectivity index (χ1n) is 6.27. The molecular formula is C14H21N3. The van der Waals surface area contributed by atoms with Crippen molar-refractivity contribution in [3.8, 4) is 0 Å². The van der Waals surface area contributed by atoms with E-state index in [1.807, 2.05) is 0 Å². The van der Waals surface area contributed by atoms with Crippen LogP contribution in [-0.2, 0) is 6.42 Å². The smallest absolute Gasteiger partial charge is 0.0456 e. The molecule has 2 aromatic rings. The van der Waals surface area contributed by atoms with E-state index in [-0.39, 0.29) is 0 Å². The fraction of sp³-hybridized carbons (Fsp3) is 0.429. The Morgan fingerprint density at radius 3 is 3.00 bits per heavy atom. The molecule has 3 nitrogen and oxygen atoms in total. The zero-order valence-electron chi connectivity index (χ0n) is 10.4. The lowest BCUT2D eigenvalue weighted by molar-refractivity contribution is 0.525. The standard InChI is InChI=1S/C14H21N3/c1-11(8-15)9-16-7-6-12-10-17-14-5-3-2-4-13(12)14/h2-5,10-11,16-17H,6-9,15H2,1H3. The van der Waals surface area contributed by atoms with Crippen molar-refractivity contribution in [2.75, 3.05) is 19.6 Å². The molecule has 0 spiro atoms. The number of aromatic amines is 1. The van der Waals surface area contributed by atoms with Gasteiger partial charge in [0.2, 0.25) is 0 Å². The van der Waals surface area contributed by atoms with Crippen molar-refractivity contribution >= 4 is 10.9 Å². The Labute approximate surface area is 102 Å². The summed E-state index contributed by atoms with van der Waals surface area (Å²) in [6, 6.07) is 8.43. The van der Waals surface area contributed by atoms with Crippen LogP contribution in [-0.4, -0.2) is 24.6 Å². The molecule has 4 N–H and O–H groups in total. The van der Waals surface area contributed by atoms with Gasteiger partial charge >= 0.3 is 0 Å². The monoisotopic (exact) mass is 231 g/mol. The van der Waals surface area contributed by atoms with Gasteiger partial charge in [-0.3, -0.25) is 0 Å². The number of nitrogens with two attached hydrogens (primary N) is 1. The van der Waals surface area contributed by atoms with Crippen molar-refractivity contribution in [1.82, 2.24) is 10.3 Å². The molecule has 0 saturated carbocycles. The van der Waals surface area contributed by atoms with E-state index in [1.54, 1.807) is 0 Å². The molecule has 0 bridgehead atoms. The number of benzene rings is 1. The van der Waals surface area contributed by atoms with Crippen LogP contribution in [0, 0.1) is 5.92 Å². The van der Waals surface area contributed by atoms with Crippen LogP contribution in [0.25, 0.3) is 10.9 Å². The molecule has 1 aromatic heterocycles. The van der Waals surface area contributed by atoms with Gasteiger partial charge in [-0.25, -0.2) is 0 Å². The third kappa shape index (κ3) is 3.08. The van der Waals surface area contributed by atoms with Gasteiger partial charge in [0, 0.05) is 17.1 Å². The van der Waals surface area contributed by atoms with Crippen LogP contribution in [0.15, 0.2) is 30.5 Å². The molecule has 0 aliphatic rings. The van der Waals surface area contributed by atoms with Gasteiger partial charge in [-0.05, 0) is 43.6 Å². The molecule has 1 aromatic carbocycles. The fourth-order valence-electron chi connectivity index (χ4n) is 1.99. The Balaban J connectivity index is 1.87. The molecule has 0 saturated heterocycles. The average Bonchev–Trinajstić information content (AvgIpc) is 2.78. The highest BCUT2D eigenvalue weighted by Gasteiger charge is 2.02. The molecule has 0 radical (unpaired) electrons. The van der Waals surface area contributed by atoms with E-state index in [0.717, 1.165) is 26.1 Å². The van der Waals surface area contributed by atoms with Crippen molar-refractivity contribution in [2.24, 2.45) is 11.7 Å². The first-order chi connectivity index (χ1) is 8.31. The number of H-pyrrole nitrogens is 1. The van der Waals surface area contributed by atoms with Crippen LogP contribution in [0.5, 0.6) is 0 Å². The maximum atomic E-state index is 5.58. The molecular weight excluding hydrogens is 210 g/mol. The minimum absolute atomic E-state index is 0.554. The second kappa shape index (κ2) is 5.84. The summed E-state index contributed by atoms with van der Waals surface area (Å²) >= 11 is 0. The molecule has 1 unspecified atom stereocenters. The van der Waals surface area contributed by atoms with E-state index in [0.29, 0.717) is 5.92 Å². The third-order valence-corrected chi connectivity index (χ3v) is 3.14. The number of fused-ring (bicyclic) bond motifs is 1. The zero-order valence-corrected chi connectivity index (χ0v) is 10.4.